The first-order valence-corrected chi connectivity index (χ1v) is 14.8. The molecule has 4 rings (SSSR count). The second-order valence-corrected chi connectivity index (χ2v) is 12.1. The number of benzene rings is 1. The molecule has 0 unspecified atom stereocenters. The van der Waals surface area contributed by atoms with Crippen molar-refractivity contribution in [2.75, 3.05) is 31.8 Å². The van der Waals surface area contributed by atoms with Gasteiger partial charge >= 0.3 is 12.1 Å². The van der Waals surface area contributed by atoms with Crippen LogP contribution in [0.4, 0.5) is 10.5 Å². The number of likely N-dealkylation sites (tertiary alicyclic amines) is 1. The molecule has 2 aromatic rings. The molecule has 8 nitrogen and oxygen atoms in total. The quantitative estimate of drug-likeness (QED) is 0.277. The summed E-state index contributed by atoms with van der Waals surface area (Å²) < 4.78 is 15.2. The van der Waals surface area contributed by atoms with Crippen LogP contribution in [0.5, 0.6) is 0 Å². The number of hydrogen-bond acceptors (Lipinski definition) is 8. The van der Waals surface area contributed by atoms with Crippen LogP contribution in [0.15, 0.2) is 36.4 Å². The topological polar surface area (TPSA) is 85.4 Å². The zero-order chi connectivity index (χ0) is 27.9. The molecule has 212 valence electrons. The molecular formula is C30H40N2O6S. The third-order valence-corrected chi connectivity index (χ3v) is 8.72. The number of ether oxygens (including phenoxy) is 3. The summed E-state index contributed by atoms with van der Waals surface area (Å²) in [5, 5.41) is 0. The number of carbonyl (C=O) groups is 3. The number of rotatable bonds is 8. The summed E-state index contributed by atoms with van der Waals surface area (Å²) in [6.07, 6.45) is 4.23. The minimum atomic E-state index is -0.899. The minimum Gasteiger partial charge on any atom is -0.431 e. The second kappa shape index (κ2) is 13.4. The third-order valence-electron chi connectivity index (χ3n) is 7.57. The Balaban J connectivity index is 1.66. The highest BCUT2D eigenvalue weighted by atomic mass is 32.1. The summed E-state index contributed by atoms with van der Waals surface area (Å²) in [4.78, 5) is 44.8. The molecule has 1 aliphatic carbocycles. The normalized spacial score (nSPS) is 20.4. The van der Waals surface area contributed by atoms with E-state index in [1.807, 2.05) is 41.3 Å². The monoisotopic (exact) mass is 556 g/mol. The fourth-order valence-electron chi connectivity index (χ4n) is 5.33. The van der Waals surface area contributed by atoms with Crippen molar-refractivity contribution >= 4 is 35.1 Å². The Morgan fingerprint density at radius 2 is 1.67 bits per heavy atom. The molecule has 0 radical (unpaired) electrons. The fourth-order valence-corrected chi connectivity index (χ4v) is 6.38. The van der Waals surface area contributed by atoms with E-state index in [0.717, 1.165) is 62.1 Å². The van der Waals surface area contributed by atoms with E-state index in [9.17, 15) is 14.4 Å². The largest absolute Gasteiger partial charge is 0.511 e. The molecule has 0 atom stereocenters. The highest BCUT2D eigenvalue weighted by Gasteiger charge is 2.37. The lowest BCUT2D eigenvalue weighted by atomic mass is 9.82. The molecule has 1 aliphatic heterocycles. The van der Waals surface area contributed by atoms with Crippen LogP contribution in [0.25, 0.3) is 10.4 Å². The smallest absolute Gasteiger partial charge is 0.431 e. The zero-order valence-corrected chi connectivity index (χ0v) is 24.2. The summed E-state index contributed by atoms with van der Waals surface area (Å²) in [5.41, 5.74) is 1.55. The van der Waals surface area contributed by atoms with E-state index in [1.54, 1.807) is 13.8 Å². The van der Waals surface area contributed by atoms with E-state index in [-0.39, 0.29) is 24.0 Å². The van der Waals surface area contributed by atoms with E-state index in [4.69, 9.17) is 14.2 Å². The van der Waals surface area contributed by atoms with E-state index in [2.05, 4.69) is 18.9 Å². The van der Waals surface area contributed by atoms with Gasteiger partial charge in [-0.2, -0.15) is 0 Å². The lowest BCUT2D eigenvalue weighted by Gasteiger charge is -2.40. The first-order valence-electron chi connectivity index (χ1n) is 13.9. The Bertz CT molecular complexity index is 1120. The summed E-state index contributed by atoms with van der Waals surface area (Å²) >= 11 is 1.30. The lowest BCUT2D eigenvalue weighted by Crippen LogP contribution is -2.49. The van der Waals surface area contributed by atoms with Crippen LogP contribution in [0.3, 0.4) is 0 Å². The molecule has 1 aromatic heterocycles. The predicted molar refractivity (Wildman–Crippen MR) is 152 cm³/mol. The van der Waals surface area contributed by atoms with Crippen molar-refractivity contribution < 1.29 is 28.6 Å². The molecule has 0 N–H and O–H groups in total. The number of nitrogens with zero attached hydrogens (tertiary/aromatic N) is 2. The maximum Gasteiger partial charge on any atom is 0.511 e. The van der Waals surface area contributed by atoms with Crippen molar-refractivity contribution in [2.45, 2.75) is 71.4 Å². The molecular weight excluding hydrogens is 516 g/mol. The van der Waals surface area contributed by atoms with Crippen molar-refractivity contribution in [2.24, 2.45) is 11.8 Å². The molecule has 1 amide bonds. The van der Waals surface area contributed by atoms with Crippen LogP contribution in [0.2, 0.25) is 0 Å². The molecule has 1 saturated carbocycles. The van der Waals surface area contributed by atoms with Gasteiger partial charge in [-0.25, -0.2) is 9.59 Å². The zero-order valence-electron chi connectivity index (χ0n) is 23.4. The first-order chi connectivity index (χ1) is 18.7. The minimum absolute atomic E-state index is 0.00454. The fraction of sp³-hybridized carbons (Fsp3) is 0.567. The number of anilines is 1. The van der Waals surface area contributed by atoms with Crippen LogP contribution < -0.4 is 4.90 Å². The predicted octanol–water partition coefficient (Wildman–Crippen LogP) is 6.34. The maximum atomic E-state index is 14.2. The number of piperidine rings is 1. The summed E-state index contributed by atoms with van der Waals surface area (Å²) in [7, 11) is 2.09. The summed E-state index contributed by atoms with van der Waals surface area (Å²) in [6, 6.07) is 11.8. The Kier molecular flexibility index (Phi) is 10.0. The summed E-state index contributed by atoms with van der Waals surface area (Å²) in [6.45, 7) is 6.86. The second-order valence-electron chi connectivity index (χ2n) is 11.0. The van der Waals surface area contributed by atoms with Crippen LogP contribution in [-0.2, 0) is 19.0 Å². The van der Waals surface area contributed by atoms with Crippen molar-refractivity contribution in [1.82, 2.24) is 4.90 Å². The Labute approximate surface area is 235 Å². The number of amides is 1. The summed E-state index contributed by atoms with van der Waals surface area (Å²) in [5.74, 6) is 0.0423. The average molecular weight is 557 g/mol. The molecule has 0 bridgehead atoms. The number of hydrogen-bond donors (Lipinski definition) is 0. The van der Waals surface area contributed by atoms with E-state index >= 15 is 0 Å². The van der Waals surface area contributed by atoms with Crippen LogP contribution >= 0.6 is 11.3 Å². The molecule has 1 saturated heterocycles. The van der Waals surface area contributed by atoms with Gasteiger partial charge in [-0.05, 0) is 90.1 Å². The van der Waals surface area contributed by atoms with E-state index in [1.165, 1.54) is 11.3 Å². The number of thiophene rings is 1. The van der Waals surface area contributed by atoms with Crippen LogP contribution in [0, 0.1) is 11.8 Å². The van der Waals surface area contributed by atoms with Gasteiger partial charge in [0.2, 0.25) is 12.7 Å². The van der Waals surface area contributed by atoms with Gasteiger partial charge in [-0.1, -0.05) is 37.3 Å². The third kappa shape index (κ3) is 7.60. The molecule has 9 heteroatoms. The highest BCUT2D eigenvalue weighted by Crippen LogP contribution is 2.41. The SMILES string of the molecule is CC1CCC(C(=O)N(c2cc(-c3ccccc3)sc2C(=O)OCOC(=O)OC(C)C)C2CCN(C)CC2)CC1. The van der Waals surface area contributed by atoms with Crippen molar-refractivity contribution in [3.05, 3.63) is 41.3 Å². The average Bonchev–Trinajstić information content (AvgIpc) is 3.35. The number of esters is 1. The Morgan fingerprint density at radius 1 is 1.00 bits per heavy atom. The van der Waals surface area contributed by atoms with E-state index in [0.29, 0.717) is 16.5 Å². The van der Waals surface area contributed by atoms with Gasteiger partial charge in [0.25, 0.3) is 0 Å². The molecule has 2 aliphatic rings. The molecule has 2 fully saturated rings. The van der Waals surface area contributed by atoms with Crippen molar-refractivity contribution in [3.63, 3.8) is 0 Å². The molecule has 1 aromatic carbocycles. The van der Waals surface area contributed by atoms with Gasteiger partial charge in [-0.15, -0.1) is 11.3 Å². The first kappa shape index (κ1) is 29.1. The Morgan fingerprint density at radius 3 is 2.31 bits per heavy atom. The highest BCUT2D eigenvalue weighted by molar-refractivity contribution is 7.18. The lowest BCUT2D eigenvalue weighted by molar-refractivity contribution is -0.124. The van der Waals surface area contributed by atoms with Crippen molar-refractivity contribution in [1.29, 1.82) is 0 Å². The van der Waals surface area contributed by atoms with Crippen LogP contribution in [0.1, 0.15) is 69.0 Å². The Hall–Kier alpha value is -2.91. The van der Waals surface area contributed by atoms with Gasteiger partial charge in [0, 0.05) is 16.8 Å². The molecule has 39 heavy (non-hydrogen) atoms. The molecule has 2 heterocycles. The van der Waals surface area contributed by atoms with Gasteiger partial charge in [0.05, 0.1) is 11.8 Å². The van der Waals surface area contributed by atoms with E-state index < -0.39 is 18.9 Å². The maximum absolute atomic E-state index is 14.2. The number of carbonyl (C=O) groups excluding carboxylic acids is 3. The van der Waals surface area contributed by atoms with Gasteiger partial charge in [0.15, 0.2) is 0 Å². The van der Waals surface area contributed by atoms with Gasteiger partial charge in [0.1, 0.15) is 4.88 Å². The van der Waals surface area contributed by atoms with Crippen molar-refractivity contribution in [3.8, 4) is 10.4 Å². The van der Waals surface area contributed by atoms with Gasteiger partial charge < -0.3 is 24.0 Å². The van der Waals surface area contributed by atoms with Gasteiger partial charge in [-0.3, -0.25) is 4.79 Å². The van der Waals surface area contributed by atoms with Crippen LogP contribution in [-0.4, -0.2) is 62.0 Å². The molecule has 0 spiro atoms. The standard InChI is InChI=1S/C30H40N2O6S/c1-20(2)38-30(35)37-19-36-29(34)27-25(18-26(39-27)22-8-6-5-7-9-22)32(24-14-16-31(4)17-15-24)28(33)23-12-10-21(3)11-13-23/h5-9,18,20-21,23-24H,10-17,19H2,1-4H3.